The highest BCUT2D eigenvalue weighted by Gasteiger charge is 2.15. The van der Waals surface area contributed by atoms with Crippen molar-refractivity contribution in [3.8, 4) is 0 Å². The Bertz CT molecular complexity index is 424. The van der Waals surface area contributed by atoms with Crippen LogP contribution in [-0.2, 0) is 4.74 Å². The largest absolute Gasteiger partial charge is 0.444 e. The Morgan fingerprint density at radius 3 is 2.21 bits per heavy atom. The Labute approximate surface area is 113 Å². The van der Waals surface area contributed by atoms with E-state index < -0.39 is 11.7 Å². The normalized spacial score (nSPS) is 10.7. The average molecular weight is 264 g/mol. The second-order valence-corrected chi connectivity index (χ2v) is 5.05. The summed E-state index contributed by atoms with van der Waals surface area (Å²) in [6, 6.07) is 8.91. The average Bonchev–Trinajstić information content (AvgIpc) is 2.33. The number of hydrogen-bond acceptors (Lipinski definition) is 3. The highest BCUT2D eigenvalue weighted by atomic mass is 16.6. The maximum Gasteiger partial charge on any atom is 0.407 e. The van der Waals surface area contributed by atoms with Crippen LogP contribution in [0.1, 0.15) is 31.1 Å². The molecule has 0 bridgehead atoms. The van der Waals surface area contributed by atoms with Crippen LogP contribution in [0.5, 0.6) is 0 Å². The summed E-state index contributed by atoms with van der Waals surface area (Å²) in [6.45, 7) is 6.07. The number of carbonyl (C=O) groups excluding carboxylic acids is 2. The van der Waals surface area contributed by atoms with Crippen LogP contribution >= 0.6 is 0 Å². The van der Waals surface area contributed by atoms with Gasteiger partial charge in [0, 0.05) is 18.7 Å². The summed E-state index contributed by atoms with van der Waals surface area (Å²) in [6.07, 6.45) is -0.485. The molecule has 0 aromatic heterocycles. The van der Waals surface area contributed by atoms with Crippen molar-refractivity contribution in [1.29, 1.82) is 0 Å². The van der Waals surface area contributed by atoms with E-state index in [2.05, 4.69) is 10.6 Å². The van der Waals surface area contributed by atoms with E-state index in [-0.39, 0.29) is 5.91 Å². The van der Waals surface area contributed by atoms with E-state index in [9.17, 15) is 9.59 Å². The minimum atomic E-state index is -0.516. The van der Waals surface area contributed by atoms with E-state index in [4.69, 9.17) is 4.74 Å². The Morgan fingerprint density at radius 1 is 1.05 bits per heavy atom. The predicted molar refractivity (Wildman–Crippen MR) is 73.0 cm³/mol. The second-order valence-electron chi connectivity index (χ2n) is 5.05. The molecule has 0 aliphatic heterocycles. The van der Waals surface area contributed by atoms with E-state index in [1.54, 1.807) is 45.0 Å². The number of alkyl carbamates (subject to hydrolysis) is 1. The van der Waals surface area contributed by atoms with Crippen LogP contribution in [0.25, 0.3) is 0 Å². The number of ether oxygens (including phenoxy) is 1. The highest BCUT2D eigenvalue weighted by molar-refractivity contribution is 5.94. The molecule has 2 N–H and O–H groups in total. The lowest BCUT2D eigenvalue weighted by Crippen LogP contribution is -2.37. The van der Waals surface area contributed by atoms with Gasteiger partial charge >= 0.3 is 6.09 Å². The van der Waals surface area contributed by atoms with Crippen LogP contribution in [0, 0.1) is 0 Å². The fraction of sp³-hybridized carbons (Fsp3) is 0.429. The third kappa shape index (κ3) is 6.45. The minimum absolute atomic E-state index is 0.161. The molecule has 0 spiro atoms. The summed E-state index contributed by atoms with van der Waals surface area (Å²) >= 11 is 0. The molecule has 5 nitrogen and oxygen atoms in total. The SMILES string of the molecule is CC(C)(C)OC(=O)NCCNC(=O)c1ccccc1. The zero-order valence-electron chi connectivity index (χ0n) is 11.5. The molecule has 0 aliphatic carbocycles. The van der Waals surface area contributed by atoms with E-state index in [0.717, 1.165) is 0 Å². The van der Waals surface area contributed by atoms with Crippen molar-refractivity contribution in [2.24, 2.45) is 0 Å². The van der Waals surface area contributed by atoms with Gasteiger partial charge in [0.05, 0.1) is 0 Å². The van der Waals surface area contributed by atoms with E-state index in [0.29, 0.717) is 18.7 Å². The molecule has 0 heterocycles. The molecule has 0 atom stereocenters. The van der Waals surface area contributed by atoms with Crippen LogP contribution in [0.4, 0.5) is 4.79 Å². The maximum absolute atomic E-state index is 11.7. The molecular weight excluding hydrogens is 244 g/mol. The van der Waals surface area contributed by atoms with E-state index in [1.165, 1.54) is 0 Å². The molecule has 0 fully saturated rings. The molecule has 0 unspecified atom stereocenters. The van der Waals surface area contributed by atoms with Crippen molar-refractivity contribution >= 4 is 12.0 Å². The first-order valence-electron chi connectivity index (χ1n) is 6.18. The van der Waals surface area contributed by atoms with Gasteiger partial charge in [0.1, 0.15) is 5.60 Å². The molecule has 1 aromatic carbocycles. The van der Waals surface area contributed by atoms with Crippen molar-refractivity contribution in [2.45, 2.75) is 26.4 Å². The first kappa shape index (κ1) is 15.0. The summed E-state index contributed by atoms with van der Waals surface area (Å²) in [7, 11) is 0. The summed E-state index contributed by atoms with van der Waals surface area (Å²) in [5, 5.41) is 5.28. The number of amides is 2. The molecule has 104 valence electrons. The fourth-order valence-electron chi connectivity index (χ4n) is 1.35. The molecule has 19 heavy (non-hydrogen) atoms. The molecule has 0 aliphatic rings. The predicted octanol–water partition coefficient (Wildman–Crippen LogP) is 1.94. The van der Waals surface area contributed by atoms with Crippen LogP contribution in [0.2, 0.25) is 0 Å². The zero-order valence-corrected chi connectivity index (χ0v) is 11.5. The Kier molecular flexibility index (Phi) is 5.36. The molecule has 5 heteroatoms. The Balaban J connectivity index is 2.21. The number of benzene rings is 1. The number of hydrogen-bond donors (Lipinski definition) is 2. The van der Waals surface area contributed by atoms with Gasteiger partial charge in [-0.25, -0.2) is 4.79 Å². The summed E-state index contributed by atoms with van der Waals surface area (Å²) in [5.41, 5.74) is 0.0805. The molecular formula is C14H20N2O3. The maximum atomic E-state index is 11.7. The van der Waals surface area contributed by atoms with Crippen LogP contribution in [0.3, 0.4) is 0 Å². The third-order valence-electron chi connectivity index (χ3n) is 2.11. The smallest absolute Gasteiger partial charge is 0.407 e. The quantitative estimate of drug-likeness (QED) is 0.817. The van der Waals surface area contributed by atoms with Crippen LogP contribution < -0.4 is 10.6 Å². The number of carbonyl (C=O) groups is 2. The molecule has 1 aromatic rings. The topological polar surface area (TPSA) is 67.4 Å². The van der Waals surface area contributed by atoms with Crippen molar-refractivity contribution in [3.05, 3.63) is 35.9 Å². The van der Waals surface area contributed by atoms with Gasteiger partial charge in [-0.1, -0.05) is 18.2 Å². The number of nitrogens with one attached hydrogen (secondary N) is 2. The third-order valence-corrected chi connectivity index (χ3v) is 2.11. The molecule has 1 rings (SSSR count). The van der Waals surface area contributed by atoms with Gasteiger partial charge in [0.15, 0.2) is 0 Å². The molecule has 0 saturated heterocycles. The standard InChI is InChI=1S/C14H20N2O3/c1-14(2,3)19-13(18)16-10-9-15-12(17)11-7-5-4-6-8-11/h4-8H,9-10H2,1-3H3,(H,15,17)(H,16,18). The number of rotatable bonds is 4. The van der Waals surface area contributed by atoms with E-state index in [1.807, 2.05) is 6.07 Å². The lowest BCUT2D eigenvalue weighted by molar-refractivity contribution is 0.0526. The van der Waals surface area contributed by atoms with Gasteiger partial charge in [-0.3, -0.25) is 4.79 Å². The van der Waals surface area contributed by atoms with E-state index >= 15 is 0 Å². The van der Waals surface area contributed by atoms with Gasteiger partial charge in [-0.2, -0.15) is 0 Å². The summed E-state index contributed by atoms with van der Waals surface area (Å²) in [4.78, 5) is 23.0. The Morgan fingerprint density at radius 2 is 1.63 bits per heavy atom. The lowest BCUT2D eigenvalue weighted by Gasteiger charge is -2.19. The summed E-state index contributed by atoms with van der Waals surface area (Å²) < 4.78 is 5.07. The molecule has 0 radical (unpaired) electrons. The lowest BCUT2D eigenvalue weighted by atomic mass is 10.2. The van der Waals surface area contributed by atoms with Gasteiger partial charge in [-0.05, 0) is 32.9 Å². The first-order valence-corrected chi connectivity index (χ1v) is 6.18. The van der Waals surface area contributed by atoms with Gasteiger partial charge < -0.3 is 15.4 Å². The zero-order chi connectivity index (χ0) is 14.3. The van der Waals surface area contributed by atoms with Crippen molar-refractivity contribution in [3.63, 3.8) is 0 Å². The van der Waals surface area contributed by atoms with Crippen LogP contribution in [-0.4, -0.2) is 30.7 Å². The van der Waals surface area contributed by atoms with Gasteiger partial charge in [0.2, 0.25) is 0 Å². The van der Waals surface area contributed by atoms with Crippen LogP contribution in [0.15, 0.2) is 30.3 Å². The molecule has 0 saturated carbocycles. The monoisotopic (exact) mass is 264 g/mol. The van der Waals surface area contributed by atoms with Crippen molar-refractivity contribution in [2.75, 3.05) is 13.1 Å². The summed E-state index contributed by atoms with van der Waals surface area (Å²) in [5.74, 6) is -0.161. The first-order chi connectivity index (χ1) is 8.88. The van der Waals surface area contributed by atoms with Crippen molar-refractivity contribution < 1.29 is 14.3 Å². The van der Waals surface area contributed by atoms with Gasteiger partial charge in [0.25, 0.3) is 5.91 Å². The van der Waals surface area contributed by atoms with Gasteiger partial charge in [-0.15, -0.1) is 0 Å². The molecule has 2 amide bonds. The minimum Gasteiger partial charge on any atom is -0.444 e. The fourth-order valence-corrected chi connectivity index (χ4v) is 1.35. The Hall–Kier alpha value is -2.04. The van der Waals surface area contributed by atoms with Crippen molar-refractivity contribution in [1.82, 2.24) is 10.6 Å². The highest BCUT2D eigenvalue weighted by Crippen LogP contribution is 2.06. The second kappa shape index (κ2) is 6.78.